The third-order valence-corrected chi connectivity index (χ3v) is 4.90. The number of anilines is 1. The first-order chi connectivity index (χ1) is 14.4. The maximum atomic E-state index is 12.2. The number of fused-ring (bicyclic) bond motifs is 1. The molecule has 3 rings (SSSR count). The number of hydrogen-bond acceptors (Lipinski definition) is 3. The van der Waals surface area contributed by atoms with Crippen molar-refractivity contribution >= 4 is 57.4 Å². The van der Waals surface area contributed by atoms with Crippen LogP contribution < -0.4 is 16.2 Å². The molecule has 30 heavy (non-hydrogen) atoms. The molecule has 3 amide bonds. The topological polar surface area (TPSA) is 87.3 Å². The van der Waals surface area contributed by atoms with Gasteiger partial charge in [-0.15, -0.1) is 0 Å². The molecule has 8 heteroatoms. The number of carbonyl (C=O) groups excluding carboxylic acids is 3. The van der Waals surface area contributed by atoms with Gasteiger partial charge < -0.3 is 5.32 Å². The van der Waals surface area contributed by atoms with Gasteiger partial charge in [0.15, 0.2) is 0 Å². The summed E-state index contributed by atoms with van der Waals surface area (Å²) in [7, 11) is 0. The van der Waals surface area contributed by atoms with Crippen molar-refractivity contribution in [2.75, 3.05) is 5.32 Å². The van der Waals surface area contributed by atoms with E-state index in [2.05, 4.69) is 16.2 Å². The van der Waals surface area contributed by atoms with Crippen LogP contribution in [0.2, 0.25) is 10.0 Å². The van der Waals surface area contributed by atoms with Crippen LogP contribution in [-0.4, -0.2) is 17.7 Å². The summed E-state index contributed by atoms with van der Waals surface area (Å²) in [6, 6.07) is 18.2. The molecule has 0 bridgehead atoms. The minimum atomic E-state index is -0.473. The van der Waals surface area contributed by atoms with E-state index in [1.165, 1.54) is 6.07 Å². The molecular weight excluding hydrogens is 425 g/mol. The number of halogens is 2. The van der Waals surface area contributed by atoms with Gasteiger partial charge in [-0.3, -0.25) is 25.2 Å². The van der Waals surface area contributed by atoms with Crippen LogP contribution >= 0.6 is 23.2 Å². The van der Waals surface area contributed by atoms with E-state index in [4.69, 9.17) is 23.2 Å². The molecule has 0 aromatic heterocycles. The Balaban J connectivity index is 1.44. The van der Waals surface area contributed by atoms with Gasteiger partial charge in [0.25, 0.3) is 0 Å². The first kappa shape index (κ1) is 21.6. The van der Waals surface area contributed by atoms with Gasteiger partial charge in [-0.25, -0.2) is 0 Å². The van der Waals surface area contributed by atoms with Crippen LogP contribution in [0.5, 0.6) is 0 Å². The minimum absolute atomic E-state index is 0.0655. The second-order valence-corrected chi connectivity index (χ2v) is 7.43. The molecule has 0 aliphatic heterocycles. The van der Waals surface area contributed by atoms with Crippen molar-refractivity contribution in [3.63, 3.8) is 0 Å². The first-order valence-electron chi connectivity index (χ1n) is 9.21. The highest BCUT2D eigenvalue weighted by molar-refractivity contribution is 6.36. The Morgan fingerprint density at radius 2 is 1.47 bits per heavy atom. The monoisotopic (exact) mass is 443 g/mol. The quantitative estimate of drug-likeness (QED) is 0.497. The summed E-state index contributed by atoms with van der Waals surface area (Å²) in [5.41, 5.74) is 5.98. The van der Waals surface area contributed by atoms with Crippen molar-refractivity contribution < 1.29 is 14.4 Å². The molecule has 3 aromatic carbocycles. The van der Waals surface area contributed by atoms with Crippen LogP contribution in [0, 0.1) is 0 Å². The normalized spacial score (nSPS) is 10.5. The highest BCUT2D eigenvalue weighted by Gasteiger charge is 2.11. The molecule has 0 radical (unpaired) electrons. The van der Waals surface area contributed by atoms with Gasteiger partial charge in [0.05, 0.1) is 17.1 Å². The highest BCUT2D eigenvalue weighted by Crippen LogP contribution is 2.25. The van der Waals surface area contributed by atoms with Crippen LogP contribution in [0.1, 0.15) is 18.4 Å². The third kappa shape index (κ3) is 5.95. The second-order valence-electron chi connectivity index (χ2n) is 6.58. The molecule has 0 atom stereocenters. The zero-order valence-corrected chi connectivity index (χ0v) is 17.4. The number of nitrogens with one attached hydrogen (secondary N) is 3. The molecule has 0 fully saturated rings. The number of amides is 3. The predicted molar refractivity (Wildman–Crippen MR) is 118 cm³/mol. The van der Waals surface area contributed by atoms with E-state index in [-0.39, 0.29) is 31.1 Å². The number of rotatable bonds is 6. The molecule has 0 saturated heterocycles. The highest BCUT2D eigenvalue weighted by atomic mass is 35.5. The van der Waals surface area contributed by atoms with Gasteiger partial charge in [-0.2, -0.15) is 0 Å². The Bertz CT molecular complexity index is 1100. The van der Waals surface area contributed by atoms with Crippen LogP contribution in [0.15, 0.2) is 60.7 Å². The van der Waals surface area contributed by atoms with E-state index < -0.39 is 5.91 Å². The van der Waals surface area contributed by atoms with Gasteiger partial charge in [-0.05, 0) is 34.5 Å². The Morgan fingerprint density at radius 3 is 2.27 bits per heavy atom. The predicted octanol–water partition coefficient (Wildman–Crippen LogP) is 4.26. The van der Waals surface area contributed by atoms with E-state index in [0.717, 1.165) is 16.3 Å². The summed E-state index contributed by atoms with van der Waals surface area (Å²) >= 11 is 11.8. The second kappa shape index (κ2) is 10.1. The van der Waals surface area contributed by atoms with Gasteiger partial charge in [0.1, 0.15) is 0 Å². The van der Waals surface area contributed by atoms with E-state index >= 15 is 0 Å². The SMILES string of the molecule is O=C(CCC(=O)Nc1ccc(Cl)cc1Cl)NNC(=O)Cc1cccc2ccccc12. The van der Waals surface area contributed by atoms with Crippen molar-refractivity contribution in [3.8, 4) is 0 Å². The Kier molecular flexibility index (Phi) is 7.27. The summed E-state index contributed by atoms with van der Waals surface area (Å²) in [6.07, 6.45) is -0.0350. The molecule has 0 saturated carbocycles. The van der Waals surface area contributed by atoms with Gasteiger partial charge in [-0.1, -0.05) is 65.7 Å². The molecule has 0 aliphatic rings. The fraction of sp³-hybridized carbons (Fsp3) is 0.136. The summed E-state index contributed by atoms with van der Waals surface area (Å²) in [6.45, 7) is 0. The van der Waals surface area contributed by atoms with Crippen LogP contribution in [0.4, 0.5) is 5.69 Å². The first-order valence-corrected chi connectivity index (χ1v) is 9.97. The maximum Gasteiger partial charge on any atom is 0.242 e. The number of benzene rings is 3. The fourth-order valence-electron chi connectivity index (χ4n) is 2.90. The van der Waals surface area contributed by atoms with Crippen molar-refractivity contribution in [2.45, 2.75) is 19.3 Å². The van der Waals surface area contributed by atoms with E-state index in [9.17, 15) is 14.4 Å². The Morgan fingerprint density at radius 1 is 0.767 bits per heavy atom. The molecule has 0 aliphatic carbocycles. The van der Waals surface area contributed by atoms with Gasteiger partial charge in [0, 0.05) is 17.9 Å². The molecule has 6 nitrogen and oxygen atoms in total. The lowest BCUT2D eigenvalue weighted by molar-refractivity contribution is -0.129. The molecular formula is C22H19Cl2N3O3. The van der Waals surface area contributed by atoms with Crippen LogP contribution in [-0.2, 0) is 20.8 Å². The molecule has 0 heterocycles. The molecule has 3 N–H and O–H groups in total. The van der Waals surface area contributed by atoms with Gasteiger partial charge >= 0.3 is 0 Å². The minimum Gasteiger partial charge on any atom is -0.325 e. The molecule has 154 valence electrons. The third-order valence-electron chi connectivity index (χ3n) is 4.36. The van der Waals surface area contributed by atoms with Crippen molar-refractivity contribution in [3.05, 3.63) is 76.3 Å². The van der Waals surface area contributed by atoms with E-state index in [0.29, 0.717) is 15.7 Å². The molecule has 3 aromatic rings. The summed E-state index contributed by atoms with van der Waals surface area (Å²) in [5.74, 6) is -1.20. The van der Waals surface area contributed by atoms with Crippen molar-refractivity contribution in [1.29, 1.82) is 0 Å². The number of hydrogen-bond donors (Lipinski definition) is 3. The zero-order valence-electron chi connectivity index (χ0n) is 15.9. The standard InChI is InChI=1S/C22H19Cl2N3O3/c23-16-8-9-19(18(24)13-16)25-20(28)10-11-21(29)26-27-22(30)12-15-6-3-5-14-4-1-2-7-17(14)15/h1-9,13H,10-12H2,(H,25,28)(H,26,29)(H,27,30). The Labute approximate surface area is 183 Å². The summed E-state index contributed by atoms with van der Waals surface area (Å²) in [4.78, 5) is 36.1. The lowest BCUT2D eigenvalue weighted by Gasteiger charge is -2.10. The zero-order chi connectivity index (χ0) is 21.5. The van der Waals surface area contributed by atoms with E-state index in [1.807, 2.05) is 42.5 Å². The maximum absolute atomic E-state index is 12.2. The Hall–Kier alpha value is -3.09. The molecule has 0 unspecified atom stereocenters. The number of hydrazine groups is 1. The van der Waals surface area contributed by atoms with Gasteiger partial charge in [0.2, 0.25) is 17.7 Å². The average Bonchev–Trinajstić information content (AvgIpc) is 2.73. The smallest absolute Gasteiger partial charge is 0.242 e. The van der Waals surface area contributed by atoms with Crippen molar-refractivity contribution in [1.82, 2.24) is 10.9 Å². The average molecular weight is 444 g/mol. The van der Waals surface area contributed by atoms with Crippen LogP contribution in [0.3, 0.4) is 0 Å². The summed E-state index contributed by atoms with van der Waals surface area (Å²) in [5, 5.41) is 5.40. The summed E-state index contributed by atoms with van der Waals surface area (Å²) < 4.78 is 0. The van der Waals surface area contributed by atoms with Crippen molar-refractivity contribution in [2.24, 2.45) is 0 Å². The largest absolute Gasteiger partial charge is 0.325 e. The molecule has 0 spiro atoms. The number of carbonyl (C=O) groups is 3. The van der Waals surface area contributed by atoms with E-state index in [1.54, 1.807) is 12.1 Å². The van der Waals surface area contributed by atoms with Crippen LogP contribution in [0.25, 0.3) is 10.8 Å². The lowest BCUT2D eigenvalue weighted by atomic mass is 10.0. The fourth-order valence-corrected chi connectivity index (χ4v) is 3.35. The lowest BCUT2D eigenvalue weighted by Crippen LogP contribution is -2.42.